The molecule has 1 saturated heterocycles. The summed E-state index contributed by atoms with van der Waals surface area (Å²) in [7, 11) is 0. The van der Waals surface area contributed by atoms with E-state index in [9.17, 15) is 18.3 Å². The molecule has 1 fully saturated rings. The van der Waals surface area contributed by atoms with Crippen molar-refractivity contribution in [2.75, 3.05) is 13.2 Å². The lowest BCUT2D eigenvalue weighted by Gasteiger charge is -2.34. The van der Waals surface area contributed by atoms with Crippen LogP contribution >= 0.6 is 0 Å². The van der Waals surface area contributed by atoms with Gasteiger partial charge in [0.05, 0.1) is 11.2 Å². The van der Waals surface area contributed by atoms with Crippen LogP contribution in [0.25, 0.3) is 0 Å². The fourth-order valence-electron chi connectivity index (χ4n) is 2.11. The smallest absolute Gasteiger partial charge is 0.385 e. The number of benzene rings is 1. The lowest BCUT2D eigenvalue weighted by Crippen LogP contribution is -2.35. The van der Waals surface area contributed by atoms with Crippen molar-refractivity contribution in [3.63, 3.8) is 0 Å². The molecule has 0 bridgehead atoms. The molecule has 1 aliphatic heterocycles. The predicted molar refractivity (Wildman–Crippen MR) is 55.4 cm³/mol. The summed E-state index contributed by atoms with van der Waals surface area (Å²) in [6.07, 6.45) is -4.05. The third-order valence-corrected chi connectivity index (χ3v) is 3.05. The molecule has 0 amide bonds. The first-order valence-electron chi connectivity index (χ1n) is 5.40. The first-order chi connectivity index (χ1) is 7.93. The van der Waals surface area contributed by atoms with Crippen LogP contribution in [0.5, 0.6) is 0 Å². The monoisotopic (exact) mass is 246 g/mol. The Hall–Kier alpha value is -1.07. The SMILES string of the molecule is OC1(c2ccccc2C(F)(F)F)CCOCC1. The highest BCUT2D eigenvalue weighted by atomic mass is 19.4. The molecule has 5 heteroatoms. The Balaban J connectivity index is 2.44. The zero-order chi connectivity index (χ0) is 12.5. The number of ether oxygens (including phenoxy) is 1. The number of halogens is 3. The highest BCUT2D eigenvalue weighted by Crippen LogP contribution is 2.40. The van der Waals surface area contributed by atoms with Gasteiger partial charge in [0, 0.05) is 26.1 Å². The standard InChI is InChI=1S/C12H13F3O2/c13-12(14,15)10-4-2-1-3-9(10)11(16)5-7-17-8-6-11/h1-4,16H,5-8H2. The van der Waals surface area contributed by atoms with E-state index in [1.807, 2.05) is 0 Å². The van der Waals surface area contributed by atoms with E-state index in [-0.39, 0.29) is 31.6 Å². The third-order valence-electron chi connectivity index (χ3n) is 3.05. The molecule has 2 nitrogen and oxygen atoms in total. The minimum absolute atomic E-state index is 0.0456. The van der Waals surface area contributed by atoms with Crippen LogP contribution in [-0.2, 0) is 16.5 Å². The number of aliphatic hydroxyl groups is 1. The van der Waals surface area contributed by atoms with E-state index in [1.165, 1.54) is 18.2 Å². The maximum Gasteiger partial charge on any atom is 0.416 e. The van der Waals surface area contributed by atoms with Crippen LogP contribution in [0.1, 0.15) is 24.0 Å². The van der Waals surface area contributed by atoms with Crippen LogP contribution in [-0.4, -0.2) is 18.3 Å². The molecule has 1 N–H and O–H groups in total. The van der Waals surface area contributed by atoms with Gasteiger partial charge in [-0.15, -0.1) is 0 Å². The molecule has 0 unspecified atom stereocenters. The number of hydrogen-bond acceptors (Lipinski definition) is 2. The van der Waals surface area contributed by atoms with E-state index in [0.717, 1.165) is 6.07 Å². The van der Waals surface area contributed by atoms with Crippen molar-refractivity contribution in [2.24, 2.45) is 0 Å². The zero-order valence-electron chi connectivity index (χ0n) is 9.13. The number of hydrogen-bond donors (Lipinski definition) is 1. The van der Waals surface area contributed by atoms with E-state index in [4.69, 9.17) is 4.74 Å². The van der Waals surface area contributed by atoms with Gasteiger partial charge in [-0.1, -0.05) is 18.2 Å². The van der Waals surface area contributed by atoms with Crippen LogP contribution < -0.4 is 0 Å². The summed E-state index contributed by atoms with van der Waals surface area (Å²) in [5, 5.41) is 10.3. The number of rotatable bonds is 1. The van der Waals surface area contributed by atoms with E-state index >= 15 is 0 Å². The van der Waals surface area contributed by atoms with E-state index in [1.54, 1.807) is 0 Å². The minimum Gasteiger partial charge on any atom is -0.385 e. The molecule has 94 valence electrons. The maximum absolute atomic E-state index is 12.8. The fraction of sp³-hybridized carbons (Fsp3) is 0.500. The van der Waals surface area contributed by atoms with Crippen LogP contribution in [0.15, 0.2) is 24.3 Å². The fourth-order valence-corrected chi connectivity index (χ4v) is 2.11. The van der Waals surface area contributed by atoms with E-state index < -0.39 is 17.3 Å². The summed E-state index contributed by atoms with van der Waals surface area (Å²) < 4.78 is 43.6. The first-order valence-corrected chi connectivity index (χ1v) is 5.40. The summed E-state index contributed by atoms with van der Waals surface area (Å²) in [4.78, 5) is 0. The van der Waals surface area contributed by atoms with Gasteiger partial charge in [-0.2, -0.15) is 13.2 Å². The molecule has 1 aliphatic rings. The molecule has 1 aromatic rings. The average Bonchev–Trinajstić information content (AvgIpc) is 2.29. The Bertz CT molecular complexity index is 395. The molecule has 0 atom stereocenters. The second-order valence-corrected chi connectivity index (χ2v) is 4.19. The topological polar surface area (TPSA) is 29.5 Å². The van der Waals surface area contributed by atoms with Crippen molar-refractivity contribution in [3.8, 4) is 0 Å². The zero-order valence-corrected chi connectivity index (χ0v) is 9.13. The lowest BCUT2D eigenvalue weighted by atomic mass is 9.83. The Labute approximate surface area is 97.0 Å². The van der Waals surface area contributed by atoms with Crippen LogP contribution in [0.2, 0.25) is 0 Å². The Morgan fingerprint density at radius 3 is 2.29 bits per heavy atom. The average molecular weight is 246 g/mol. The van der Waals surface area contributed by atoms with Gasteiger partial charge in [-0.25, -0.2) is 0 Å². The quantitative estimate of drug-likeness (QED) is 0.825. The van der Waals surface area contributed by atoms with Gasteiger partial charge in [0.2, 0.25) is 0 Å². The van der Waals surface area contributed by atoms with Gasteiger partial charge < -0.3 is 9.84 Å². The second kappa shape index (κ2) is 4.31. The summed E-state index contributed by atoms with van der Waals surface area (Å²) in [5.74, 6) is 0. The molecule has 2 rings (SSSR count). The molecule has 0 radical (unpaired) electrons. The molecule has 1 heterocycles. The largest absolute Gasteiger partial charge is 0.416 e. The van der Waals surface area contributed by atoms with Crippen molar-refractivity contribution >= 4 is 0 Å². The number of alkyl halides is 3. The van der Waals surface area contributed by atoms with Crippen molar-refractivity contribution < 1.29 is 23.0 Å². The summed E-state index contributed by atoms with van der Waals surface area (Å²) in [5.41, 5.74) is -2.23. The summed E-state index contributed by atoms with van der Waals surface area (Å²) >= 11 is 0. The molecular weight excluding hydrogens is 233 g/mol. The molecule has 0 spiro atoms. The Kier molecular flexibility index (Phi) is 3.14. The Morgan fingerprint density at radius 2 is 1.71 bits per heavy atom. The lowest BCUT2D eigenvalue weighted by molar-refractivity contribution is -0.143. The van der Waals surface area contributed by atoms with Gasteiger partial charge in [0.25, 0.3) is 0 Å². The van der Waals surface area contributed by atoms with Crippen molar-refractivity contribution in [1.82, 2.24) is 0 Å². The normalized spacial score (nSPS) is 20.2. The van der Waals surface area contributed by atoms with Gasteiger partial charge in [-0.05, 0) is 11.6 Å². The van der Waals surface area contributed by atoms with Gasteiger partial charge in [0.1, 0.15) is 0 Å². The molecule has 0 aromatic heterocycles. The van der Waals surface area contributed by atoms with Crippen molar-refractivity contribution in [1.29, 1.82) is 0 Å². The Morgan fingerprint density at radius 1 is 1.12 bits per heavy atom. The van der Waals surface area contributed by atoms with E-state index in [0.29, 0.717) is 0 Å². The van der Waals surface area contributed by atoms with Crippen LogP contribution in [0, 0.1) is 0 Å². The molecule has 1 aromatic carbocycles. The third kappa shape index (κ3) is 2.45. The van der Waals surface area contributed by atoms with Gasteiger partial charge in [-0.3, -0.25) is 0 Å². The van der Waals surface area contributed by atoms with Gasteiger partial charge in [0.15, 0.2) is 0 Å². The highest BCUT2D eigenvalue weighted by Gasteiger charge is 2.41. The maximum atomic E-state index is 12.8. The summed E-state index contributed by atoms with van der Waals surface area (Å²) in [6, 6.07) is 5.18. The molecule has 0 aliphatic carbocycles. The molecule has 17 heavy (non-hydrogen) atoms. The first kappa shape index (κ1) is 12.4. The van der Waals surface area contributed by atoms with Gasteiger partial charge >= 0.3 is 6.18 Å². The second-order valence-electron chi connectivity index (χ2n) is 4.19. The van der Waals surface area contributed by atoms with Crippen molar-refractivity contribution in [3.05, 3.63) is 35.4 Å². The van der Waals surface area contributed by atoms with E-state index in [2.05, 4.69) is 0 Å². The minimum atomic E-state index is -4.44. The van der Waals surface area contributed by atoms with Crippen LogP contribution in [0.4, 0.5) is 13.2 Å². The van der Waals surface area contributed by atoms with Crippen molar-refractivity contribution in [2.45, 2.75) is 24.6 Å². The molecular formula is C12H13F3O2. The van der Waals surface area contributed by atoms with Crippen LogP contribution in [0.3, 0.4) is 0 Å². The predicted octanol–water partition coefficient (Wildman–Crippen LogP) is 2.70. The highest BCUT2D eigenvalue weighted by molar-refractivity contribution is 5.34. The molecule has 0 saturated carbocycles. The summed E-state index contributed by atoms with van der Waals surface area (Å²) in [6.45, 7) is 0.561.